The molecule has 1 aromatic carbocycles. The van der Waals surface area contributed by atoms with Crippen molar-refractivity contribution in [2.75, 3.05) is 13.7 Å². The normalized spacial score (nSPS) is 23.1. The third-order valence-corrected chi connectivity index (χ3v) is 4.03. The number of carbonyl (C=O) groups is 1. The number of ether oxygens (including phenoxy) is 1. The second kappa shape index (κ2) is 6.71. The van der Waals surface area contributed by atoms with E-state index < -0.39 is 0 Å². The van der Waals surface area contributed by atoms with Crippen molar-refractivity contribution in [1.29, 1.82) is 0 Å². The van der Waals surface area contributed by atoms with Crippen molar-refractivity contribution in [3.63, 3.8) is 0 Å². The predicted molar refractivity (Wildman–Crippen MR) is 76.5 cm³/mol. The standard InChI is InChI=1S/C16H23NO2/c1-3-19-16(18)14-6-4-12(5-7-14)13-8-10-15(17-2)11-9-13/h4-7,13,15,17H,3,8-11H2,1-2H3. The Balaban J connectivity index is 1.97. The van der Waals surface area contributed by atoms with Crippen molar-refractivity contribution in [2.24, 2.45) is 0 Å². The number of hydrogen-bond donors (Lipinski definition) is 1. The van der Waals surface area contributed by atoms with Gasteiger partial charge in [-0.1, -0.05) is 12.1 Å². The van der Waals surface area contributed by atoms with E-state index in [1.165, 1.54) is 31.2 Å². The molecule has 1 saturated carbocycles. The van der Waals surface area contributed by atoms with Crippen LogP contribution in [0.2, 0.25) is 0 Å². The summed E-state index contributed by atoms with van der Waals surface area (Å²) >= 11 is 0. The summed E-state index contributed by atoms with van der Waals surface area (Å²) in [6, 6.07) is 8.61. The highest BCUT2D eigenvalue weighted by Crippen LogP contribution is 2.32. The minimum Gasteiger partial charge on any atom is -0.462 e. The van der Waals surface area contributed by atoms with Gasteiger partial charge < -0.3 is 10.1 Å². The van der Waals surface area contributed by atoms with E-state index >= 15 is 0 Å². The van der Waals surface area contributed by atoms with Crippen LogP contribution in [-0.4, -0.2) is 25.7 Å². The van der Waals surface area contributed by atoms with Crippen molar-refractivity contribution in [1.82, 2.24) is 5.32 Å². The van der Waals surface area contributed by atoms with Crippen molar-refractivity contribution in [2.45, 2.75) is 44.6 Å². The van der Waals surface area contributed by atoms with Crippen molar-refractivity contribution >= 4 is 5.97 Å². The Bertz CT molecular complexity index is 405. The second-order valence-electron chi connectivity index (χ2n) is 5.18. The lowest BCUT2D eigenvalue weighted by atomic mass is 9.81. The van der Waals surface area contributed by atoms with Crippen molar-refractivity contribution in [3.05, 3.63) is 35.4 Å². The molecule has 0 unspecified atom stereocenters. The molecule has 3 heteroatoms. The molecule has 0 atom stereocenters. The quantitative estimate of drug-likeness (QED) is 0.846. The van der Waals surface area contributed by atoms with Crippen LogP contribution in [0.5, 0.6) is 0 Å². The summed E-state index contributed by atoms with van der Waals surface area (Å²) in [5.74, 6) is 0.411. The average Bonchev–Trinajstić information content (AvgIpc) is 2.48. The Morgan fingerprint density at radius 2 is 1.84 bits per heavy atom. The Hall–Kier alpha value is -1.35. The van der Waals surface area contributed by atoms with Gasteiger partial charge >= 0.3 is 5.97 Å². The minimum atomic E-state index is -0.229. The Kier molecular flexibility index (Phi) is 4.97. The molecule has 1 fully saturated rings. The lowest BCUT2D eigenvalue weighted by Gasteiger charge is -2.28. The smallest absolute Gasteiger partial charge is 0.338 e. The number of nitrogens with one attached hydrogen (secondary N) is 1. The molecule has 0 aliphatic heterocycles. The molecule has 19 heavy (non-hydrogen) atoms. The van der Waals surface area contributed by atoms with Gasteiger partial charge in [0.1, 0.15) is 0 Å². The number of carbonyl (C=O) groups excluding carboxylic acids is 1. The summed E-state index contributed by atoms with van der Waals surface area (Å²) in [4.78, 5) is 11.6. The molecule has 0 aromatic heterocycles. The Morgan fingerprint density at radius 3 is 2.37 bits per heavy atom. The Labute approximate surface area is 115 Å². The summed E-state index contributed by atoms with van der Waals surface area (Å²) in [5, 5.41) is 3.35. The van der Waals surface area contributed by atoms with E-state index in [-0.39, 0.29) is 5.97 Å². The molecule has 104 valence electrons. The zero-order valence-corrected chi connectivity index (χ0v) is 11.8. The highest BCUT2D eigenvalue weighted by Gasteiger charge is 2.21. The van der Waals surface area contributed by atoms with Crippen LogP contribution >= 0.6 is 0 Å². The van der Waals surface area contributed by atoms with E-state index in [1.807, 2.05) is 26.1 Å². The van der Waals surface area contributed by atoms with Crippen LogP contribution in [0, 0.1) is 0 Å². The average molecular weight is 261 g/mol. The van der Waals surface area contributed by atoms with E-state index in [1.54, 1.807) is 0 Å². The van der Waals surface area contributed by atoms with Crippen LogP contribution < -0.4 is 5.32 Å². The highest BCUT2D eigenvalue weighted by atomic mass is 16.5. The maximum Gasteiger partial charge on any atom is 0.338 e. The zero-order chi connectivity index (χ0) is 13.7. The first-order valence-corrected chi connectivity index (χ1v) is 7.19. The first-order chi connectivity index (χ1) is 9.24. The first-order valence-electron chi connectivity index (χ1n) is 7.19. The van der Waals surface area contributed by atoms with Gasteiger partial charge in [-0.2, -0.15) is 0 Å². The summed E-state index contributed by atoms with van der Waals surface area (Å²) in [5.41, 5.74) is 2.00. The lowest BCUT2D eigenvalue weighted by Crippen LogP contribution is -2.29. The van der Waals surface area contributed by atoms with Gasteiger partial charge in [0.25, 0.3) is 0 Å². The van der Waals surface area contributed by atoms with E-state index in [0.717, 1.165) is 0 Å². The van der Waals surface area contributed by atoms with Crippen LogP contribution in [0.4, 0.5) is 0 Å². The van der Waals surface area contributed by atoms with Gasteiger partial charge in [-0.3, -0.25) is 0 Å². The topological polar surface area (TPSA) is 38.3 Å². The third kappa shape index (κ3) is 3.57. The summed E-state index contributed by atoms with van der Waals surface area (Å²) in [6.07, 6.45) is 4.93. The molecule has 0 saturated heterocycles. The van der Waals surface area contributed by atoms with Crippen molar-refractivity contribution < 1.29 is 9.53 Å². The van der Waals surface area contributed by atoms with Crippen LogP contribution in [0.1, 0.15) is 54.4 Å². The maximum absolute atomic E-state index is 11.6. The number of benzene rings is 1. The summed E-state index contributed by atoms with van der Waals surface area (Å²) < 4.78 is 4.99. The maximum atomic E-state index is 11.6. The molecule has 1 aromatic rings. The van der Waals surface area contributed by atoms with E-state index in [9.17, 15) is 4.79 Å². The van der Waals surface area contributed by atoms with Gasteiger partial charge in [-0.25, -0.2) is 4.79 Å². The van der Waals surface area contributed by atoms with E-state index in [2.05, 4.69) is 17.4 Å². The van der Waals surface area contributed by atoms with Crippen LogP contribution in [0.25, 0.3) is 0 Å². The molecule has 1 N–H and O–H groups in total. The molecular formula is C16H23NO2. The highest BCUT2D eigenvalue weighted by molar-refractivity contribution is 5.89. The first kappa shape index (κ1) is 14.1. The lowest BCUT2D eigenvalue weighted by molar-refractivity contribution is 0.0526. The van der Waals surface area contributed by atoms with Gasteiger partial charge in [0, 0.05) is 6.04 Å². The molecule has 0 bridgehead atoms. The number of rotatable bonds is 4. The van der Waals surface area contributed by atoms with Gasteiger partial charge in [0.05, 0.1) is 12.2 Å². The fourth-order valence-corrected chi connectivity index (χ4v) is 2.82. The molecule has 2 rings (SSSR count). The largest absolute Gasteiger partial charge is 0.462 e. The van der Waals surface area contributed by atoms with Crippen LogP contribution in [-0.2, 0) is 4.74 Å². The monoisotopic (exact) mass is 261 g/mol. The van der Waals surface area contributed by atoms with Gasteiger partial charge in [0.15, 0.2) is 0 Å². The van der Waals surface area contributed by atoms with Gasteiger partial charge in [0.2, 0.25) is 0 Å². The summed E-state index contributed by atoms with van der Waals surface area (Å²) in [7, 11) is 2.04. The van der Waals surface area contributed by atoms with E-state index in [0.29, 0.717) is 24.1 Å². The molecule has 0 amide bonds. The number of esters is 1. The fraction of sp³-hybridized carbons (Fsp3) is 0.562. The van der Waals surface area contributed by atoms with Gasteiger partial charge in [-0.15, -0.1) is 0 Å². The van der Waals surface area contributed by atoms with Gasteiger partial charge in [-0.05, 0) is 63.3 Å². The molecule has 0 heterocycles. The molecule has 0 radical (unpaired) electrons. The molecular weight excluding hydrogens is 238 g/mol. The molecule has 3 nitrogen and oxygen atoms in total. The minimum absolute atomic E-state index is 0.229. The molecule has 0 spiro atoms. The number of hydrogen-bond acceptors (Lipinski definition) is 3. The molecule has 1 aliphatic rings. The fourth-order valence-electron chi connectivity index (χ4n) is 2.82. The summed E-state index contributed by atoms with van der Waals surface area (Å²) in [6.45, 7) is 2.25. The predicted octanol–water partition coefficient (Wildman–Crippen LogP) is 3.11. The van der Waals surface area contributed by atoms with Crippen LogP contribution in [0.15, 0.2) is 24.3 Å². The Morgan fingerprint density at radius 1 is 1.21 bits per heavy atom. The van der Waals surface area contributed by atoms with Crippen LogP contribution in [0.3, 0.4) is 0 Å². The van der Waals surface area contributed by atoms with Crippen molar-refractivity contribution in [3.8, 4) is 0 Å². The second-order valence-corrected chi connectivity index (χ2v) is 5.18. The zero-order valence-electron chi connectivity index (χ0n) is 11.8. The third-order valence-electron chi connectivity index (χ3n) is 4.03. The SMILES string of the molecule is CCOC(=O)c1ccc(C2CCC(NC)CC2)cc1. The van der Waals surface area contributed by atoms with E-state index in [4.69, 9.17) is 4.74 Å². The molecule has 1 aliphatic carbocycles.